The largest absolute Gasteiger partial charge is 0.364 e. The summed E-state index contributed by atoms with van der Waals surface area (Å²) in [5.41, 5.74) is 0. The minimum absolute atomic E-state index is 0.166. The van der Waals surface area contributed by atoms with Gasteiger partial charge in [-0.1, -0.05) is 41.0 Å². The van der Waals surface area contributed by atoms with Crippen LogP contribution in [0.1, 0.15) is 46.0 Å². The van der Waals surface area contributed by atoms with Gasteiger partial charge in [-0.25, -0.2) is 0 Å². The fourth-order valence-electron chi connectivity index (χ4n) is 2.75. The quantitative estimate of drug-likeness (QED) is 0.723. The van der Waals surface area contributed by atoms with Gasteiger partial charge in [-0.05, 0) is 38.7 Å². The van der Waals surface area contributed by atoms with Gasteiger partial charge in [0.1, 0.15) is 4.75 Å². The van der Waals surface area contributed by atoms with Crippen molar-refractivity contribution in [1.29, 1.82) is 5.26 Å². The van der Waals surface area contributed by atoms with Gasteiger partial charge >= 0.3 is 0 Å². The molecule has 4 heteroatoms. The summed E-state index contributed by atoms with van der Waals surface area (Å²) < 4.78 is -0.344. The minimum atomic E-state index is -0.344. The third-order valence-electron chi connectivity index (χ3n) is 3.89. The number of alkyl halides is 1. The second-order valence-corrected chi connectivity index (χ2v) is 7.82. The lowest BCUT2D eigenvalue weighted by molar-refractivity contribution is 0.196. The molecule has 0 radical (unpaired) electrons. The number of allylic oxidation sites excluding steroid dienone is 1. The van der Waals surface area contributed by atoms with E-state index in [0.717, 1.165) is 6.54 Å². The lowest BCUT2D eigenvalue weighted by atomic mass is 9.98. The topological polar surface area (TPSA) is 27.0 Å². The van der Waals surface area contributed by atoms with Crippen molar-refractivity contribution in [2.75, 3.05) is 6.54 Å². The summed E-state index contributed by atoms with van der Waals surface area (Å²) in [5, 5.41) is 10.6. The van der Waals surface area contributed by atoms with Crippen molar-refractivity contribution in [3.8, 4) is 6.07 Å². The van der Waals surface area contributed by atoms with E-state index in [2.05, 4.69) is 39.9 Å². The first-order chi connectivity index (χ1) is 8.60. The predicted octanol–water partition coefficient (Wildman–Crippen LogP) is 4.27. The van der Waals surface area contributed by atoms with Gasteiger partial charge in [0.25, 0.3) is 0 Å². The SMILES string of the molecule is CCCC1CCCCN1C1=CC(Br)C(C)(C#N)S1. The Kier molecular flexibility index (Phi) is 4.66. The van der Waals surface area contributed by atoms with Crippen molar-refractivity contribution in [2.24, 2.45) is 0 Å². The molecule has 0 aromatic rings. The van der Waals surface area contributed by atoms with Crippen molar-refractivity contribution < 1.29 is 0 Å². The average Bonchev–Trinajstić information content (AvgIpc) is 2.67. The van der Waals surface area contributed by atoms with Crippen LogP contribution in [-0.4, -0.2) is 27.1 Å². The van der Waals surface area contributed by atoms with E-state index in [1.165, 1.54) is 37.1 Å². The molecule has 3 unspecified atom stereocenters. The maximum atomic E-state index is 9.33. The van der Waals surface area contributed by atoms with Crippen molar-refractivity contribution in [3.05, 3.63) is 11.1 Å². The normalized spacial score (nSPS) is 36.3. The molecule has 0 N–H and O–H groups in total. The Labute approximate surface area is 123 Å². The molecule has 2 aliphatic rings. The van der Waals surface area contributed by atoms with Gasteiger partial charge in [0, 0.05) is 12.6 Å². The highest BCUT2D eigenvalue weighted by Gasteiger charge is 2.41. The van der Waals surface area contributed by atoms with Crippen LogP contribution < -0.4 is 0 Å². The Balaban J connectivity index is 2.11. The van der Waals surface area contributed by atoms with E-state index in [9.17, 15) is 5.26 Å². The predicted molar refractivity (Wildman–Crippen MR) is 81.7 cm³/mol. The second-order valence-electron chi connectivity index (χ2n) is 5.36. The van der Waals surface area contributed by atoms with Gasteiger partial charge in [-0.3, -0.25) is 0 Å². The molecule has 2 heterocycles. The molecule has 0 amide bonds. The van der Waals surface area contributed by atoms with Crippen molar-refractivity contribution in [1.82, 2.24) is 4.90 Å². The molecule has 0 aliphatic carbocycles. The van der Waals surface area contributed by atoms with Gasteiger partial charge < -0.3 is 4.90 Å². The lowest BCUT2D eigenvalue weighted by Crippen LogP contribution is -2.37. The third kappa shape index (κ3) is 2.72. The number of halogens is 1. The lowest BCUT2D eigenvalue weighted by Gasteiger charge is -2.38. The van der Waals surface area contributed by atoms with Crippen LogP contribution in [0.3, 0.4) is 0 Å². The zero-order chi connectivity index (χ0) is 13.2. The standard InChI is InChI=1S/C14H21BrN2S/c1-3-6-11-7-4-5-8-17(11)13-9-12(15)14(2,10-16)18-13/h9,11-12H,3-8H2,1-2H3. The smallest absolute Gasteiger partial charge is 0.122 e. The highest BCUT2D eigenvalue weighted by molar-refractivity contribution is 9.09. The number of nitrogens with zero attached hydrogens (tertiary/aromatic N) is 2. The zero-order valence-electron chi connectivity index (χ0n) is 11.2. The van der Waals surface area contributed by atoms with Gasteiger partial charge in [-0.15, -0.1) is 0 Å². The molecule has 0 saturated carbocycles. The number of piperidine rings is 1. The zero-order valence-corrected chi connectivity index (χ0v) is 13.6. The van der Waals surface area contributed by atoms with Crippen LogP contribution in [-0.2, 0) is 0 Å². The first kappa shape index (κ1) is 14.3. The van der Waals surface area contributed by atoms with Gasteiger partial charge in [0.15, 0.2) is 0 Å². The molecule has 2 rings (SSSR count). The number of nitriles is 1. The number of thioether (sulfide) groups is 1. The van der Waals surface area contributed by atoms with E-state index in [-0.39, 0.29) is 9.57 Å². The summed E-state index contributed by atoms with van der Waals surface area (Å²) >= 11 is 5.38. The number of hydrogen-bond acceptors (Lipinski definition) is 3. The van der Waals surface area contributed by atoms with E-state index >= 15 is 0 Å². The molecule has 1 saturated heterocycles. The van der Waals surface area contributed by atoms with Crippen molar-refractivity contribution >= 4 is 27.7 Å². The summed E-state index contributed by atoms with van der Waals surface area (Å²) in [6.45, 7) is 5.44. The number of hydrogen-bond donors (Lipinski definition) is 0. The highest BCUT2D eigenvalue weighted by Crippen LogP contribution is 2.47. The molecule has 0 spiro atoms. The molecule has 3 atom stereocenters. The van der Waals surface area contributed by atoms with Crippen LogP contribution >= 0.6 is 27.7 Å². The fraction of sp³-hybridized carbons (Fsp3) is 0.786. The van der Waals surface area contributed by atoms with Crippen LogP contribution in [0, 0.1) is 11.3 Å². The molecule has 1 fully saturated rings. The molecular formula is C14H21BrN2S. The number of likely N-dealkylation sites (tertiary alicyclic amines) is 1. The molecule has 0 aromatic carbocycles. The monoisotopic (exact) mass is 328 g/mol. The summed E-state index contributed by atoms with van der Waals surface area (Å²) in [7, 11) is 0. The molecular weight excluding hydrogens is 308 g/mol. The maximum absolute atomic E-state index is 9.33. The first-order valence-electron chi connectivity index (χ1n) is 6.83. The molecule has 18 heavy (non-hydrogen) atoms. The van der Waals surface area contributed by atoms with E-state index < -0.39 is 0 Å². The van der Waals surface area contributed by atoms with Crippen molar-refractivity contribution in [3.63, 3.8) is 0 Å². The fourth-order valence-corrected chi connectivity index (χ4v) is 4.79. The maximum Gasteiger partial charge on any atom is 0.122 e. The van der Waals surface area contributed by atoms with Crippen LogP contribution in [0.25, 0.3) is 0 Å². The molecule has 0 aromatic heterocycles. The molecule has 2 aliphatic heterocycles. The minimum Gasteiger partial charge on any atom is -0.364 e. The summed E-state index contributed by atoms with van der Waals surface area (Å²) in [4.78, 5) is 2.72. The van der Waals surface area contributed by atoms with Crippen LogP contribution in [0.2, 0.25) is 0 Å². The van der Waals surface area contributed by atoms with E-state index in [0.29, 0.717) is 6.04 Å². The Morgan fingerprint density at radius 3 is 3.00 bits per heavy atom. The van der Waals surface area contributed by atoms with Crippen LogP contribution in [0.15, 0.2) is 11.1 Å². The second kappa shape index (κ2) is 5.88. The summed E-state index contributed by atoms with van der Waals surface area (Å²) in [5.74, 6) is 0. The molecule has 2 nitrogen and oxygen atoms in total. The Hall–Kier alpha value is -0.140. The average molecular weight is 329 g/mol. The molecule has 0 bridgehead atoms. The Morgan fingerprint density at radius 1 is 1.61 bits per heavy atom. The third-order valence-corrected chi connectivity index (χ3v) is 6.72. The van der Waals surface area contributed by atoms with E-state index in [4.69, 9.17) is 0 Å². The molecule has 100 valence electrons. The Morgan fingerprint density at radius 2 is 2.39 bits per heavy atom. The van der Waals surface area contributed by atoms with Gasteiger partial charge in [0.2, 0.25) is 0 Å². The van der Waals surface area contributed by atoms with Gasteiger partial charge in [0.05, 0.1) is 15.9 Å². The van der Waals surface area contributed by atoms with Crippen molar-refractivity contribution in [2.45, 2.75) is 61.6 Å². The Bertz CT molecular complexity index is 374. The van der Waals surface area contributed by atoms with Gasteiger partial charge in [-0.2, -0.15) is 5.26 Å². The summed E-state index contributed by atoms with van der Waals surface area (Å²) in [6.07, 6.45) is 8.70. The first-order valence-corrected chi connectivity index (χ1v) is 8.56. The number of rotatable bonds is 3. The summed E-state index contributed by atoms with van der Waals surface area (Å²) in [6, 6.07) is 3.13. The van der Waals surface area contributed by atoms with E-state index in [1.54, 1.807) is 11.8 Å². The van der Waals surface area contributed by atoms with Crippen LogP contribution in [0.4, 0.5) is 0 Å². The van der Waals surface area contributed by atoms with Crippen LogP contribution in [0.5, 0.6) is 0 Å². The highest BCUT2D eigenvalue weighted by atomic mass is 79.9. The van der Waals surface area contributed by atoms with E-state index in [1.807, 2.05) is 6.92 Å².